The predicted molar refractivity (Wildman–Crippen MR) is 68.8 cm³/mol. The van der Waals surface area contributed by atoms with E-state index in [1.165, 1.54) is 5.56 Å². The Morgan fingerprint density at radius 2 is 2.00 bits per heavy atom. The number of aromatic nitrogens is 1. The third kappa shape index (κ3) is 1.35. The maximum absolute atomic E-state index is 8.93. The van der Waals surface area contributed by atoms with E-state index < -0.39 is 0 Å². The number of anilines is 1. The van der Waals surface area contributed by atoms with E-state index in [4.69, 9.17) is 11.0 Å². The Balaban J connectivity index is 2.52. The summed E-state index contributed by atoms with van der Waals surface area (Å²) < 4.78 is 1.97. The number of nitriles is 1. The van der Waals surface area contributed by atoms with Crippen molar-refractivity contribution in [3.8, 4) is 6.07 Å². The van der Waals surface area contributed by atoms with Gasteiger partial charge in [0.2, 0.25) is 0 Å². The van der Waals surface area contributed by atoms with Gasteiger partial charge in [-0.25, -0.2) is 0 Å². The molecule has 3 rings (SSSR count). The maximum Gasteiger partial charge on any atom is 0.109 e. The molecule has 0 fully saturated rings. The molecule has 0 aliphatic rings. The van der Waals surface area contributed by atoms with Crippen LogP contribution in [-0.4, -0.2) is 4.40 Å². The lowest BCUT2D eigenvalue weighted by molar-refractivity contribution is 1.25. The van der Waals surface area contributed by atoms with Crippen molar-refractivity contribution in [2.75, 3.05) is 5.73 Å². The molecule has 0 saturated carbocycles. The molecule has 3 nitrogen and oxygen atoms in total. The summed E-state index contributed by atoms with van der Waals surface area (Å²) in [5, 5.41) is 10.1. The van der Waals surface area contributed by atoms with Gasteiger partial charge in [0.15, 0.2) is 0 Å². The number of hydrogen-bond acceptors (Lipinski definition) is 2. The van der Waals surface area contributed by atoms with Gasteiger partial charge in [0.05, 0.1) is 17.1 Å². The predicted octanol–water partition coefficient (Wildman–Crippen LogP) is 2.85. The largest absolute Gasteiger partial charge is 0.385 e. The zero-order valence-electron chi connectivity index (χ0n) is 9.44. The standard InChI is InChI=1S/C14H11N3/c1-9-2-3-13-11(4-9)7-12-5-10(8-15)6-14(16)17(12)13/h2-7H,16H2,1H3. The monoisotopic (exact) mass is 221 g/mol. The van der Waals surface area contributed by atoms with Crippen LogP contribution in [0.1, 0.15) is 11.1 Å². The Bertz CT molecular complexity index is 775. The number of nitrogens with zero attached hydrogens (tertiary/aromatic N) is 2. The third-order valence-corrected chi connectivity index (χ3v) is 2.98. The molecule has 0 amide bonds. The highest BCUT2D eigenvalue weighted by molar-refractivity contribution is 5.89. The second-order valence-electron chi connectivity index (χ2n) is 4.25. The average molecular weight is 221 g/mol. The lowest BCUT2D eigenvalue weighted by Gasteiger charge is -2.03. The Hall–Kier alpha value is -2.47. The molecular formula is C14H11N3. The molecule has 3 heteroatoms. The SMILES string of the molecule is Cc1ccc2c(c1)cc1cc(C#N)cc(N)n12. The molecule has 0 bridgehead atoms. The van der Waals surface area contributed by atoms with Crippen LogP contribution in [0.5, 0.6) is 0 Å². The maximum atomic E-state index is 8.93. The van der Waals surface area contributed by atoms with Crippen molar-refractivity contribution in [2.45, 2.75) is 6.92 Å². The van der Waals surface area contributed by atoms with E-state index in [9.17, 15) is 0 Å². The minimum Gasteiger partial charge on any atom is -0.385 e. The van der Waals surface area contributed by atoms with Gasteiger partial charge in [-0.1, -0.05) is 11.6 Å². The summed E-state index contributed by atoms with van der Waals surface area (Å²) in [6.45, 7) is 2.06. The van der Waals surface area contributed by atoms with Crippen molar-refractivity contribution in [1.82, 2.24) is 4.40 Å². The Morgan fingerprint density at radius 1 is 1.18 bits per heavy atom. The van der Waals surface area contributed by atoms with Crippen LogP contribution in [0.4, 0.5) is 5.82 Å². The summed E-state index contributed by atoms with van der Waals surface area (Å²) in [4.78, 5) is 0. The number of nitrogen functional groups attached to an aromatic ring is 1. The fourth-order valence-electron chi connectivity index (χ4n) is 2.24. The first-order chi connectivity index (χ1) is 8.19. The van der Waals surface area contributed by atoms with E-state index in [1.54, 1.807) is 6.07 Å². The van der Waals surface area contributed by atoms with E-state index in [2.05, 4.69) is 37.3 Å². The van der Waals surface area contributed by atoms with Gasteiger partial charge in [-0.15, -0.1) is 0 Å². The number of pyridine rings is 1. The molecule has 2 aromatic heterocycles. The van der Waals surface area contributed by atoms with Crippen molar-refractivity contribution in [3.63, 3.8) is 0 Å². The lowest BCUT2D eigenvalue weighted by Crippen LogP contribution is -1.96. The van der Waals surface area contributed by atoms with E-state index in [1.807, 2.05) is 10.5 Å². The van der Waals surface area contributed by atoms with Gasteiger partial charge < -0.3 is 5.73 Å². The molecule has 0 spiro atoms. The van der Waals surface area contributed by atoms with Crippen LogP contribution in [-0.2, 0) is 0 Å². The van der Waals surface area contributed by atoms with Crippen LogP contribution in [0, 0.1) is 18.3 Å². The highest BCUT2D eigenvalue weighted by Gasteiger charge is 2.06. The van der Waals surface area contributed by atoms with Crippen LogP contribution in [0.3, 0.4) is 0 Å². The highest BCUT2D eigenvalue weighted by atomic mass is 15.0. The molecule has 3 aromatic rings. The summed E-state index contributed by atoms with van der Waals surface area (Å²) in [7, 11) is 0. The summed E-state index contributed by atoms with van der Waals surface area (Å²) in [6.07, 6.45) is 0. The highest BCUT2D eigenvalue weighted by Crippen LogP contribution is 2.25. The van der Waals surface area contributed by atoms with Crippen molar-refractivity contribution in [3.05, 3.63) is 47.5 Å². The van der Waals surface area contributed by atoms with E-state index in [0.29, 0.717) is 11.4 Å². The molecule has 2 N–H and O–H groups in total. The summed E-state index contributed by atoms with van der Waals surface area (Å²) in [5.74, 6) is 0.595. The topological polar surface area (TPSA) is 54.2 Å². The van der Waals surface area contributed by atoms with Crippen molar-refractivity contribution in [1.29, 1.82) is 5.26 Å². The van der Waals surface area contributed by atoms with E-state index in [-0.39, 0.29) is 0 Å². The fraction of sp³-hybridized carbons (Fsp3) is 0.0714. The number of rotatable bonds is 0. The third-order valence-electron chi connectivity index (χ3n) is 2.98. The van der Waals surface area contributed by atoms with Crippen LogP contribution < -0.4 is 5.73 Å². The van der Waals surface area contributed by atoms with Gasteiger partial charge in [0.25, 0.3) is 0 Å². The van der Waals surface area contributed by atoms with Crippen LogP contribution in [0.15, 0.2) is 36.4 Å². The first-order valence-corrected chi connectivity index (χ1v) is 5.40. The van der Waals surface area contributed by atoms with Crippen LogP contribution in [0.25, 0.3) is 16.4 Å². The summed E-state index contributed by atoms with van der Waals surface area (Å²) >= 11 is 0. The van der Waals surface area contributed by atoms with Gasteiger partial charge in [-0.2, -0.15) is 5.26 Å². The van der Waals surface area contributed by atoms with Crippen molar-refractivity contribution in [2.24, 2.45) is 0 Å². The first-order valence-electron chi connectivity index (χ1n) is 5.40. The minimum absolute atomic E-state index is 0.592. The van der Waals surface area contributed by atoms with Gasteiger partial charge in [-0.05, 0) is 37.3 Å². The van der Waals surface area contributed by atoms with E-state index in [0.717, 1.165) is 16.4 Å². The summed E-state index contributed by atoms with van der Waals surface area (Å²) in [6, 6.07) is 14.0. The zero-order chi connectivity index (χ0) is 12.0. The van der Waals surface area contributed by atoms with Gasteiger partial charge >= 0.3 is 0 Å². The number of nitrogens with two attached hydrogens (primary N) is 1. The smallest absolute Gasteiger partial charge is 0.109 e. The molecule has 2 heterocycles. The second-order valence-corrected chi connectivity index (χ2v) is 4.25. The molecule has 0 saturated heterocycles. The molecule has 0 aliphatic carbocycles. The normalized spacial score (nSPS) is 10.8. The zero-order valence-corrected chi connectivity index (χ0v) is 9.44. The van der Waals surface area contributed by atoms with Gasteiger partial charge in [-0.3, -0.25) is 4.40 Å². The second kappa shape index (κ2) is 3.26. The van der Waals surface area contributed by atoms with Crippen LogP contribution in [0.2, 0.25) is 0 Å². The number of aryl methyl sites for hydroxylation is 1. The number of benzene rings is 1. The molecule has 0 unspecified atom stereocenters. The number of fused-ring (bicyclic) bond motifs is 3. The molecule has 82 valence electrons. The van der Waals surface area contributed by atoms with Gasteiger partial charge in [0, 0.05) is 10.9 Å². The molecular weight excluding hydrogens is 210 g/mol. The van der Waals surface area contributed by atoms with Crippen LogP contribution >= 0.6 is 0 Å². The Kier molecular flexibility index (Phi) is 1.87. The van der Waals surface area contributed by atoms with Crippen molar-refractivity contribution < 1.29 is 0 Å². The van der Waals surface area contributed by atoms with E-state index >= 15 is 0 Å². The molecule has 17 heavy (non-hydrogen) atoms. The average Bonchev–Trinajstić information content (AvgIpc) is 2.66. The van der Waals surface area contributed by atoms with Crippen molar-refractivity contribution >= 4 is 22.2 Å². The first kappa shape index (κ1) is 9.73. The Morgan fingerprint density at radius 3 is 2.76 bits per heavy atom. The molecule has 0 atom stereocenters. The molecule has 0 radical (unpaired) electrons. The molecule has 1 aromatic carbocycles. The minimum atomic E-state index is 0.592. The van der Waals surface area contributed by atoms with Gasteiger partial charge in [0.1, 0.15) is 5.82 Å². The fourth-order valence-corrected chi connectivity index (χ4v) is 2.24. The molecule has 0 aliphatic heterocycles. The lowest BCUT2D eigenvalue weighted by atomic mass is 10.2. The Labute approximate surface area is 98.7 Å². The number of hydrogen-bond donors (Lipinski definition) is 1. The summed E-state index contributed by atoms with van der Waals surface area (Å²) in [5.41, 5.74) is 9.84. The quantitative estimate of drug-likeness (QED) is 0.634.